The predicted octanol–water partition coefficient (Wildman–Crippen LogP) is 1.36. The highest BCUT2D eigenvalue weighted by Gasteiger charge is 2.35. The molecule has 0 spiro atoms. The van der Waals surface area contributed by atoms with E-state index >= 15 is 0 Å². The van der Waals surface area contributed by atoms with Gasteiger partial charge in [0.25, 0.3) is 0 Å². The highest BCUT2D eigenvalue weighted by molar-refractivity contribution is 5.97. The van der Waals surface area contributed by atoms with Gasteiger partial charge in [-0.3, -0.25) is 9.59 Å². The zero-order valence-electron chi connectivity index (χ0n) is 13.5. The van der Waals surface area contributed by atoms with Gasteiger partial charge in [0.1, 0.15) is 17.8 Å². The van der Waals surface area contributed by atoms with E-state index in [0.717, 1.165) is 22.2 Å². The number of carbonyl (C=O) groups is 2. The number of aromatic nitrogens is 1. The van der Waals surface area contributed by atoms with Gasteiger partial charge in [-0.15, -0.1) is 0 Å². The number of piperazine rings is 1. The van der Waals surface area contributed by atoms with Gasteiger partial charge in [-0.1, -0.05) is 13.8 Å². The van der Waals surface area contributed by atoms with Gasteiger partial charge < -0.3 is 20.4 Å². The average Bonchev–Trinajstić information content (AvgIpc) is 2.92. The molecule has 1 fully saturated rings. The Morgan fingerprint density at radius 3 is 2.65 bits per heavy atom. The number of benzene rings is 1. The molecule has 0 unspecified atom stereocenters. The minimum Gasteiger partial charge on any atom is -0.497 e. The monoisotopic (exact) mass is 315 g/mol. The molecular formula is C17H21N3O3. The third-order valence-corrected chi connectivity index (χ3v) is 4.28. The van der Waals surface area contributed by atoms with Crippen LogP contribution >= 0.6 is 0 Å². The van der Waals surface area contributed by atoms with Gasteiger partial charge in [0.05, 0.1) is 7.11 Å². The van der Waals surface area contributed by atoms with E-state index < -0.39 is 12.1 Å². The van der Waals surface area contributed by atoms with Crippen LogP contribution in [0.1, 0.15) is 19.4 Å². The number of fused-ring (bicyclic) bond motifs is 1. The molecule has 1 aliphatic rings. The molecule has 2 atom stereocenters. The van der Waals surface area contributed by atoms with Gasteiger partial charge in [0, 0.05) is 29.6 Å². The van der Waals surface area contributed by atoms with Crippen LogP contribution in [0.5, 0.6) is 5.75 Å². The summed E-state index contributed by atoms with van der Waals surface area (Å²) in [4.78, 5) is 27.6. The van der Waals surface area contributed by atoms with E-state index in [2.05, 4.69) is 15.6 Å². The van der Waals surface area contributed by atoms with Gasteiger partial charge in [-0.2, -0.15) is 0 Å². The molecule has 2 heterocycles. The van der Waals surface area contributed by atoms with Crippen molar-refractivity contribution in [1.29, 1.82) is 0 Å². The zero-order chi connectivity index (χ0) is 16.6. The minimum atomic E-state index is -0.543. The maximum Gasteiger partial charge on any atom is 0.243 e. The van der Waals surface area contributed by atoms with Crippen molar-refractivity contribution < 1.29 is 14.3 Å². The van der Waals surface area contributed by atoms with E-state index in [1.165, 1.54) is 0 Å². The Labute approximate surface area is 134 Å². The largest absolute Gasteiger partial charge is 0.497 e. The second kappa shape index (κ2) is 5.95. The van der Waals surface area contributed by atoms with Gasteiger partial charge in [-0.05, 0) is 23.6 Å². The first-order valence-electron chi connectivity index (χ1n) is 7.74. The summed E-state index contributed by atoms with van der Waals surface area (Å²) in [6.07, 6.45) is 2.33. The van der Waals surface area contributed by atoms with Crippen LogP contribution in [0.4, 0.5) is 0 Å². The molecular weight excluding hydrogens is 294 g/mol. The predicted molar refractivity (Wildman–Crippen MR) is 87.3 cm³/mol. The molecule has 0 saturated carbocycles. The fraction of sp³-hybridized carbons (Fsp3) is 0.412. The molecule has 1 aliphatic heterocycles. The first kappa shape index (κ1) is 15.4. The van der Waals surface area contributed by atoms with Crippen molar-refractivity contribution in [3.8, 4) is 5.75 Å². The Morgan fingerprint density at radius 1 is 1.17 bits per heavy atom. The van der Waals surface area contributed by atoms with Crippen LogP contribution in [0.3, 0.4) is 0 Å². The van der Waals surface area contributed by atoms with Crippen LogP contribution in [-0.2, 0) is 16.0 Å². The Morgan fingerprint density at radius 2 is 1.96 bits per heavy atom. The topological polar surface area (TPSA) is 83.2 Å². The van der Waals surface area contributed by atoms with Crippen LogP contribution in [0.2, 0.25) is 0 Å². The molecule has 0 radical (unpaired) electrons. The van der Waals surface area contributed by atoms with Gasteiger partial charge in [0.15, 0.2) is 0 Å². The quantitative estimate of drug-likeness (QED) is 0.796. The lowest BCUT2D eigenvalue weighted by atomic mass is 9.97. The third kappa shape index (κ3) is 2.88. The standard InChI is InChI=1S/C17H21N3O3/c1-9(2)15-17(22)19-14(16(21)20-15)6-10-8-18-13-7-11(23-3)4-5-12(10)13/h4-5,7-9,14-15,18H,6H2,1-3H3,(H,19,22)(H,20,21)/t14-,15-/m0/s1. The molecule has 0 bridgehead atoms. The summed E-state index contributed by atoms with van der Waals surface area (Å²) in [6, 6.07) is 4.75. The number of methoxy groups -OCH3 is 1. The van der Waals surface area contributed by atoms with Gasteiger partial charge in [0.2, 0.25) is 11.8 Å². The van der Waals surface area contributed by atoms with Crippen molar-refractivity contribution in [3.63, 3.8) is 0 Å². The lowest BCUT2D eigenvalue weighted by Gasteiger charge is -2.31. The molecule has 3 N–H and O–H groups in total. The smallest absolute Gasteiger partial charge is 0.243 e. The summed E-state index contributed by atoms with van der Waals surface area (Å²) >= 11 is 0. The number of H-pyrrole nitrogens is 1. The Kier molecular flexibility index (Phi) is 3.98. The molecule has 1 aromatic heterocycles. The van der Waals surface area contributed by atoms with Crippen molar-refractivity contribution in [2.45, 2.75) is 32.4 Å². The molecule has 0 aliphatic carbocycles. The van der Waals surface area contributed by atoms with E-state index in [1.54, 1.807) is 7.11 Å². The number of carbonyl (C=O) groups excluding carboxylic acids is 2. The van der Waals surface area contributed by atoms with Crippen LogP contribution in [0.15, 0.2) is 24.4 Å². The third-order valence-electron chi connectivity index (χ3n) is 4.28. The van der Waals surface area contributed by atoms with Crippen LogP contribution in [-0.4, -0.2) is 36.0 Å². The summed E-state index contributed by atoms with van der Waals surface area (Å²) in [7, 11) is 1.62. The van der Waals surface area contributed by atoms with E-state index in [0.29, 0.717) is 6.42 Å². The molecule has 1 saturated heterocycles. The molecule has 23 heavy (non-hydrogen) atoms. The first-order chi connectivity index (χ1) is 11.0. The van der Waals surface area contributed by atoms with Crippen molar-refractivity contribution in [2.75, 3.05) is 7.11 Å². The fourth-order valence-electron chi connectivity index (χ4n) is 2.94. The number of nitrogens with one attached hydrogen (secondary N) is 3. The number of hydrogen-bond donors (Lipinski definition) is 3. The Balaban J connectivity index is 1.80. The first-order valence-corrected chi connectivity index (χ1v) is 7.74. The van der Waals surface area contributed by atoms with Gasteiger partial charge in [-0.25, -0.2) is 0 Å². The normalized spacial score (nSPS) is 21.4. The minimum absolute atomic E-state index is 0.0699. The molecule has 6 nitrogen and oxygen atoms in total. The highest BCUT2D eigenvalue weighted by Crippen LogP contribution is 2.24. The van der Waals surface area contributed by atoms with Crippen molar-refractivity contribution in [3.05, 3.63) is 30.0 Å². The Bertz CT molecular complexity index is 751. The van der Waals surface area contributed by atoms with E-state index in [-0.39, 0.29) is 17.7 Å². The maximum atomic E-state index is 12.3. The molecule has 1 aromatic carbocycles. The fourth-order valence-corrected chi connectivity index (χ4v) is 2.94. The van der Waals surface area contributed by atoms with Crippen molar-refractivity contribution in [1.82, 2.24) is 15.6 Å². The number of rotatable bonds is 4. The Hall–Kier alpha value is -2.50. The second-order valence-electron chi connectivity index (χ2n) is 6.22. The number of aromatic amines is 1. The van der Waals surface area contributed by atoms with E-state index in [9.17, 15) is 9.59 Å². The maximum absolute atomic E-state index is 12.3. The molecule has 122 valence electrons. The number of ether oxygens (including phenoxy) is 1. The molecule has 3 rings (SSSR count). The summed E-state index contributed by atoms with van der Waals surface area (Å²) in [5.74, 6) is 0.590. The highest BCUT2D eigenvalue weighted by atomic mass is 16.5. The van der Waals surface area contributed by atoms with E-state index in [1.807, 2.05) is 38.2 Å². The summed E-state index contributed by atoms with van der Waals surface area (Å²) in [5.41, 5.74) is 1.94. The molecule has 6 heteroatoms. The summed E-state index contributed by atoms with van der Waals surface area (Å²) in [5, 5.41) is 6.67. The van der Waals surface area contributed by atoms with Gasteiger partial charge >= 0.3 is 0 Å². The zero-order valence-corrected chi connectivity index (χ0v) is 13.5. The lowest BCUT2D eigenvalue weighted by Crippen LogP contribution is -2.63. The number of hydrogen-bond acceptors (Lipinski definition) is 3. The van der Waals surface area contributed by atoms with E-state index in [4.69, 9.17) is 4.74 Å². The SMILES string of the molecule is COc1ccc2c(C[C@@H]3NC(=O)[C@H](C(C)C)NC3=O)c[nH]c2c1. The second-order valence-corrected chi connectivity index (χ2v) is 6.22. The van der Waals surface area contributed by atoms with Crippen LogP contribution < -0.4 is 15.4 Å². The van der Waals surface area contributed by atoms with Crippen LogP contribution in [0, 0.1) is 5.92 Å². The van der Waals surface area contributed by atoms with Crippen LogP contribution in [0.25, 0.3) is 10.9 Å². The van der Waals surface area contributed by atoms with Crippen molar-refractivity contribution in [2.24, 2.45) is 5.92 Å². The summed E-state index contributed by atoms with van der Waals surface area (Å²) in [6.45, 7) is 3.83. The summed E-state index contributed by atoms with van der Waals surface area (Å²) < 4.78 is 5.21. The average molecular weight is 315 g/mol. The molecule has 2 aromatic rings. The lowest BCUT2D eigenvalue weighted by molar-refractivity contribution is -0.137. The number of amides is 2. The molecule has 2 amide bonds. The van der Waals surface area contributed by atoms with Crippen molar-refractivity contribution >= 4 is 22.7 Å².